The van der Waals surface area contributed by atoms with Gasteiger partial charge in [-0.3, -0.25) is 0 Å². The average Bonchev–Trinajstić information content (AvgIpc) is 2.25. The maximum absolute atomic E-state index is 13.4. The predicted octanol–water partition coefficient (Wildman–Crippen LogP) is 3.15. The normalized spacial score (nSPS) is 10.3. The Morgan fingerprint density at radius 3 is 2.67 bits per heavy atom. The van der Waals surface area contributed by atoms with E-state index >= 15 is 0 Å². The number of aromatic nitrogens is 1. The number of fused-ring (bicyclic) bond motifs is 1. The van der Waals surface area contributed by atoms with Crippen LogP contribution in [-0.2, 0) is 0 Å². The monoisotopic (exact) mass is 268 g/mol. The smallest absolute Gasteiger partial charge is 0.173 e. The minimum absolute atomic E-state index is 0.0167. The molecule has 0 bridgehead atoms. The molecule has 2 rings (SSSR count). The van der Waals surface area contributed by atoms with E-state index in [1.165, 1.54) is 18.3 Å². The van der Waals surface area contributed by atoms with Crippen LogP contribution in [-0.4, -0.2) is 4.98 Å². The fourth-order valence-electron chi connectivity index (χ4n) is 1.31. The van der Waals surface area contributed by atoms with Crippen LogP contribution in [0.3, 0.4) is 0 Å². The van der Waals surface area contributed by atoms with Crippen molar-refractivity contribution in [1.29, 1.82) is 5.26 Å². The lowest BCUT2D eigenvalue weighted by Gasteiger charge is -2.03. The van der Waals surface area contributed by atoms with Crippen molar-refractivity contribution in [2.24, 2.45) is 0 Å². The van der Waals surface area contributed by atoms with Crippen molar-refractivity contribution >= 4 is 26.7 Å². The van der Waals surface area contributed by atoms with Gasteiger partial charge in [0.05, 0.1) is 4.47 Å². The van der Waals surface area contributed by atoms with Crippen molar-refractivity contribution in [2.75, 3.05) is 0 Å². The Kier molecular flexibility index (Phi) is 2.37. The Morgan fingerprint density at radius 1 is 1.27 bits per heavy atom. The first-order valence-corrected chi connectivity index (χ1v) is 4.76. The number of nitrogens with zero attached hydrogens (tertiary/aromatic N) is 2. The lowest BCUT2D eigenvalue weighted by Crippen LogP contribution is -1.92. The van der Waals surface area contributed by atoms with Gasteiger partial charge in [-0.25, -0.2) is 13.8 Å². The maximum atomic E-state index is 13.4. The van der Waals surface area contributed by atoms with E-state index in [1.807, 2.05) is 6.07 Å². The molecule has 0 N–H and O–H groups in total. The van der Waals surface area contributed by atoms with Crippen LogP contribution in [0.25, 0.3) is 10.8 Å². The first-order valence-electron chi connectivity index (χ1n) is 3.97. The Morgan fingerprint density at radius 2 is 2.00 bits per heavy atom. The van der Waals surface area contributed by atoms with Crippen LogP contribution in [0.15, 0.2) is 22.8 Å². The van der Waals surface area contributed by atoms with Gasteiger partial charge in [0.1, 0.15) is 11.8 Å². The topological polar surface area (TPSA) is 36.7 Å². The SMILES string of the molecule is N#Cc1nccc2c(F)c(F)c(Br)cc12. The number of hydrogen-bond acceptors (Lipinski definition) is 2. The van der Waals surface area contributed by atoms with E-state index in [2.05, 4.69) is 20.9 Å². The minimum Gasteiger partial charge on any atom is -0.245 e. The van der Waals surface area contributed by atoms with Gasteiger partial charge >= 0.3 is 0 Å². The van der Waals surface area contributed by atoms with Crippen molar-refractivity contribution < 1.29 is 8.78 Å². The van der Waals surface area contributed by atoms with Crippen LogP contribution in [0.5, 0.6) is 0 Å². The third-order valence-corrected chi connectivity index (χ3v) is 2.58. The number of pyridine rings is 1. The highest BCUT2D eigenvalue weighted by Gasteiger charge is 2.14. The van der Waals surface area contributed by atoms with Gasteiger partial charge in [-0.2, -0.15) is 5.26 Å². The zero-order valence-corrected chi connectivity index (χ0v) is 8.85. The summed E-state index contributed by atoms with van der Waals surface area (Å²) in [5, 5.41) is 9.10. The molecule has 15 heavy (non-hydrogen) atoms. The molecule has 2 aromatic rings. The highest BCUT2D eigenvalue weighted by Crippen LogP contribution is 2.28. The molecule has 0 amide bonds. The molecule has 1 aromatic carbocycles. The van der Waals surface area contributed by atoms with Crippen LogP contribution >= 0.6 is 15.9 Å². The van der Waals surface area contributed by atoms with Crippen molar-refractivity contribution in [1.82, 2.24) is 4.98 Å². The average molecular weight is 269 g/mol. The third-order valence-electron chi connectivity index (χ3n) is 2.01. The summed E-state index contributed by atoms with van der Waals surface area (Å²) in [6.07, 6.45) is 1.28. The number of benzene rings is 1. The van der Waals surface area contributed by atoms with E-state index < -0.39 is 11.6 Å². The van der Waals surface area contributed by atoms with Crippen LogP contribution < -0.4 is 0 Å². The van der Waals surface area contributed by atoms with Crippen molar-refractivity contribution in [3.63, 3.8) is 0 Å². The molecule has 0 unspecified atom stereocenters. The van der Waals surface area contributed by atoms with Crippen molar-refractivity contribution in [2.45, 2.75) is 0 Å². The number of nitriles is 1. The summed E-state index contributed by atoms with van der Waals surface area (Å²) in [7, 11) is 0. The lowest BCUT2D eigenvalue weighted by atomic mass is 10.1. The van der Waals surface area contributed by atoms with E-state index in [0.29, 0.717) is 5.39 Å². The minimum atomic E-state index is -0.974. The summed E-state index contributed by atoms with van der Waals surface area (Å²) in [4.78, 5) is 3.77. The molecular formula is C10H3BrF2N2. The first-order chi connectivity index (χ1) is 7.15. The molecule has 0 aliphatic rings. The van der Waals surface area contributed by atoms with Gasteiger partial charge in [-0.15, -0.1) is 0 Å². The summed E-state index contributed by atoms with van der Waals surface area (Å²) in [6.45, 7) is 0. The van der Waals surface area contributed by atoms with Gasteiger partial charge in [-0.1, -0.05) is 0 Å². The molecule has 1 aromatic heterocycles. The zero-order valence-electron chi connectivity index (χ0n) is 7.26. The molecule has 0 aliphatic carbocycles. The third kappa shape index (κ3) is 1.47. The summed E-state index contributed by atoms with van der Waals surface area (Å²) in [5.74, 6) is -1.93. The molecule has 0 aliphatic heterocycles. The number of halogens is 3. The molecule has 0 fully saturated rings. The standard InChI is InChI=1S/C10H3BrF2N2/c11-7-3-6-5(9(12)10(7)13)1-2-15-8(6)4-14/h1-3H. The second kappa shape index (κ2) is 3.55. The van der Waals surface area contributed by atoms with Gasteiger partial charge in [0.25, 0.3) is 0 Å². The van der Waals surface area contributed by atoms with E-state index in [9.17, 15) is 8.78 Å². The summed E-state index contributed by atoms with van der Waals surface area (Å²) in [6, 6.07) is 4.50. The van der Waals surface area contributed by atoms with Crippen molar-refractivity contribution in [3.8, 4) is 6.07 Å². The first kappa shape index (κ1) is 9.99. The summed E-state index contributed by atoms with van der Waals surface area (Å²) >= 11 is 2.88. The van der Waals surface area contributed by atoms with Crippen LogP contribution in [0.2, 0.25) is 0 Å². The summed E-state index contributed by atoms with van der Waals surface area (Å²) in [5.41, 5.74) is 0.0760. The highest BCUT2D eigenvalue weighted by molar-refractivity contribution is 9.10. The van der Waals surface area contributed by atoms with Gasteiger partial charge in [-0.05, 0) is 28.1 Å². The number of hydrogen-bond donors (Lipinski definition) is 0. The molecule has 0 saturated heterocycles. The van der Waals surface area contributed by atoms with E-state index in [-0.39, 0.29) is 15.6 Å². The van der Waals surface area contributed by atoms with Gasteiger partial charge < -0.3 is 0 Å². The molecule has 0 spiro atoms. The molecule has 5 heteroatoms. The van der Waals surface area contributed by atoms with E-state index in [1.54, 1.807) is 0 Å². The molecule has 1 heterocycles. The second-order valence-electron chi connectivity index (χ2n) is 2.85. The maximum Gasteiger partial charge on any atom is 0.173 e. The van der Waals surface area contributed by atoms with Crippen LogP contribution in [0.1, 0.15) is 5.69 Å². The predicted molar refractivity (Wildman–Crippen MR) is 54.1 cm³/mol. The fraction of sp³-hybridized carbons (Fsp3) is 0. The number of rotatable bonds is 0. The highest BCUT2D eigenvalue weighted by atomic mass is 79.9. The van der Waals surface area contributed by atoms with E-state index in [4.69, 9.17) is 5.26 Å². The van der Waals surface area contributed by atoms with Crippen molar-refractivity contribution in [3.05, 3.63) is 40.1 Å². The zero-order chi connectivity index (χ0) is 11.0. The van der Waals surface area contributed by atoms with Crippen LogP contribution in [0.4, 0.5) is 8.78 Å². The largest absolute Gasteiger partial charge is 0.245 e. The Bertz CT molecular complexity index is 590. The Labute approximate surface area is 92.3 Å². The fourth-order valence-corrected chi connectivity index (χ4v) is 1.72. The van der Waals surface area contributed by atoms with Gasteiger partial charge in [0.2, 0.25) is 0 Å². The lowest BCUT2D eigenvalue weighted by molar-refractivity contribution is 0.512. The van der Waals surface area contributed by atoms with Gasteiger partial charge in [0, 0.05) is 17.0 Å². The quantitative estimate of drug-likeness (QED) is 0.689. The molecule has 0 radical (unpaired) electrons. The van der Waals surface area contributed by atoms with Gasteiger partial charge in [0.15, 0.2) is 11.6 Å². The Balaban J connectivity index is 2.99. The summed E-state index contributed by atoms with van der Waals surface area (Å²) < 4.78 is 26.6. The molecule has 74 valence electrons. The molecular weight excluding hydrogens is 266 g/mol. The Hall–Kier alpha value is -1.54. The molecule has 0 atom stereocenters. The molecule has 0 saturated carbocycles. The van der Waals surface area contributed by atoms with Crippen LogP contribution in [0, 0.1) is 23.0 Å². The second-order valence-corrected chi connectivity index (χ2v) is 3.71. The molecule has 2 nitrogen and oxygen atoms in total. The van der Waals surface area contributed by atoms with E-state index in [0.717, 1.165) is 0 Å².